The van der Waals surface area contributed by atoms with E-state index >= 15 is 0 Å². The van der Waals surface area contributed by atoms with Crippen molar-refractivity contribution in [2.75, 3.05) is 20.3 Å². The molecule has 3 rings (SSSR count). The quantitative estimate of drug-likeness (QED) is 0.884. The highest BCUT2D eigenvalue weighted by Gasteiger charge is 2.42. The minimum atomic E-state index is -0.890. The monoisotopic (exact) mass is 347 g/mol. The fourth-order valence-corrected chi connectivity index (χ4v) is 3.93. The molecule has 0 saturated carbocycles. The molecule has 6 heteroatoms. The van der Waals surface area contributed by atoms with Gasteiger partial charge in [0, 0.05) is 26.3 Å². The molecule has 6 nitrogen and oxygen atoms in total. The Morgan fingerprint density at radius 2 is 2.08 bits per heavy atom. The molecule has 1 amide bonds. The number of amides is 1. The molecule has 0 bridgehead atoms. The van der Waals surface area contributed by atoms with Crippen molar-refractivity contribution in [2.45, 2.75) is 43.9 Å². The van der Waals surface area contributed by atoms with Gasteiger partial charge in [-0.15, -0.1) is 0 Å². The van der Waals surface area contributed by atoms with Crippen LogP contribution in [0.15, 0.2) is 30.3 Å². The van der Waals surface area contributed by atoms with Crippen molar-refractivity contribution >= 4 is 11.9 Å². The third kappa shape index (κ3) is 4.02. The SMILES string of the molecule is COC1CC(CC(=O)O)N(C(=O)C2CCCOC2c2ccccc2)C1. The van der Waals surface area contributed by atoms with Crippen LogP contribution < -0.4 is 0 Å². The van der Waals surface area contributed by atoms with E-state index in [1.165, 1.54) is 0 Å². The minimum Gasteiger partial charge on any atom is -0.481 e. The molecule has 2 aliphatic rings. The Bertz CT molecular complexity index is 605. The largest absolute Gasteiger partial charge is 0.481 e. The van der Waals surface area contributed by atoms with Crippen molar-refractivity contribution in [2.24, 2.45) is 5.92 Å². The molecule has 0 aromatic heterocycles. The minimum absolute atomic E-state index is 0.0145. The maximum atomic E-state index is 13.2. The second-order valence-electron chi connectivity index (χ2n) is 6.79. The maximum Gasteiger partial charge on any atom is 0.305 e. The van der Waals surface area contributed by atoms with E-state index in [1.807, 2.05) is 30.3 Å². The number of benzene rings is 1. The van der Waals surface area contributed by atoms with Crippen LogP contribution in [0.5, 0.6) is 0 Å². The number of nitrogens with zero attached hydrogens (tertiary/aromatic N) is 1. The van der Waals surface area contributed by atoms with Crippen molar-refractivity contribution < 1.29 is 24.2 Å². The van der Waals surface area contributed by atoms with Crippen molar-refractivity contribution in [3.63, 3.8) is 0 Å². The summed E-state index contributed by atoms with van der Waals surface area (Å²) in [5.74, 6) is -1.18. The van der Waals surface area contributed by atoms with E-state index in [0.717, 1.165) is 18.4 Å². The average molecular weight is 347 g/mol. The first-order valence-corrected chi connectivity index (χ1v) is 8.81. The van der Waals surface area contributed by atoms with Gasteiger partial charge in [0.1, 0.15) is 0 Å². The van der Waals surface area contributed by atoms with E-state index in [9.17, 15) is 9.59 Å². The van der Waals surface area contributed by atoms with Gasteiger partial charge in [-0.3, -0.25) is 9.59 Å². The maximum absolute atomic E-state index is 13.2. The molecular formula is C19H25NO5. The van der Waals surface area contributed by atoms with E-state index in [1.54, 1.807) is 12.0 Å². The molecule has 136 valence electrons. The summed E-state index contributed by atoms with van der Waals surface area (Å²) >= 11 is 0. The average Bonchev–Trinajstić information content (AvgIpc) is 3.04. The molecule has 1 N–H and O–H groups in total. The third-order valence-electron chi connectivity index (χ3n) is 5.17. The van der Waals surface area contributed by atoms with Crippen molar-refractivity contribution in [3.8, 4) is 0 Å². The summed E-state index contributed by atoms with van der Waals surface area (Å²) in [5, 5.41) is 9.17. The lowest BCUT2D eigenvalue weighted by atomic mass is 9.88. The Balaban J connectivity index is 1.80. The van der Waals surface area contributed by atoms with Crippen LogP contribution in [0.3, 0.4) is 0 Å². The molecule has 2 heterocycles. The highest BCUT2D eigenvalue weighted by molar-refractivity contribution is 5.81. The fraction of sp³-hybridized carbons (Fsp3) is 0.579. The molecule has 2 aliphatic heterocycles. The lowest BCUT2D eigenvalue weighted by Crippen LogP contribution is -2.44. The van der Waals surface area contributed by atoms with Gasteiger partial charge in [-0.05, 0) is 24.8 Å². The zero-order valence-corrected chi connectivity index (χ0v) is 14.5. The summed E-state index contributed by atoms with van der Waals surface area (Å²) in [4.78, 5) is 26.1. The second kappa shape index (κ2) is 7.97. The normalized spacial score (nSPS) is 29.6. The fourth-order valence-electron chi connectivity index (χ4n) is 3.93. The van der Waals surface area contributed by atoms with Gasteiger partial charge >= 0.3 is 5.97 Å². The number of ether oxygens (including phenoxy) is 2. The first kappa shape index (κ1) is 17.9. The summed E-state index contributed by atoms with van der Waals surface area (Å²) in [6.45, 7) is 1.09. The Labute approximate surface area is 147 Å². The molecule has 0 radical (unpaired) electrons. The lowest BCUT2D eigenvalue weighted by molar-refractivity contribution is -0.148. The smallest absolute Gasteiger partial charge is 0.305 e. The Kier molecular flexibility index (Phi) is 5.71. The van der Waals surface area contributed by atoms with Crippen molar-refractivity contribution in [3.05, 3.63) is 35.9 Å². The van der Waals surface area contributed by atoms with Gasteiger partial charge in [-0.2, -0.15) is 0 Å². The molecular weight excluding hydrogens is 322 g/mol. The number of methoxy groups -OCH3 is 1. The van der Waals surface area contributed by atoms with Gasteiger partial charge in [0.25, 0.3) is 0 Å². The van der Waals surface area contributed by atoms with E-state index in [-0.39, 0.29) is 36.5 Å². The van der Waals surface area contributed by atoms with Crippen LogP contribution in [0.1, 0.15) is 37.4 Å². The number of hydrogen-bond acceptors (Lipinski definition) is 4. The lowest BCUT2D eigenvalue weighted by Gasteiger charge is -2.35. The first-order valence-electron chi connectivity index (χ1n) is 8.81. The molecule has 1 aromatic carbocycles. The van der Waals surface area contributed by atoms with Crippen LogP contribution in [0.25, 0.3) is 0 Å². The van der Waals surface area contributed by atoms with Crippen LogP contribution in [0.2, 0.25) is 0 Å². The standard InChI is InChI=1S/C19H25NO5/c1-24-15-10-14(11-17(21)22)20(12-15)19(23)16-8-5-9-25-18(16)13-6-3-2-4-7-13/h2-4,6-7,14-16,18H,5,8-12H2,1H3,(H,21,22). The van der Waals surface area contributed by atoms with Crippen LogP contribution in [0.4, 0.5) is 0 Å². The molecule has 0 aliphatic carbocycles. The van der Waals surface area contributed by atoms with E-state index in [4.69, 9.17) is 14.6 Å². The van der Waals surface area contributed by atoms with Crippen LogP contribution in [-0.4, -0.2) is 54.3 Å². The zero-order chi connectivity index (χ0) is 17.8. The second-order valence-corrected chi connectivity index (χ2v) is 6.79. The van der Waals surface area contributed by atoms with E-state index < -0.39 is 5.97 Å². The predicted molar refractivity (Wildman–Crippen MR) is 91.0 cm³/mol. The van der Waals surface area contributed by atoms with Crippen molar-refractivity contribution in [1.29, 1.82) is 0 Å². The summed E-state index contributed by atoms with van der Waals surface area (Å²) in [6.07, 6.45) is 1.74. The number of aliphatic carboxylic acids is 1. The number of hydrogen-bond donors (Lipinski definition) is 1. The van der Waals surface area contributed by atoms with Gasteiger partial charge in [0.2, 0.25) is 5.91 Å². The van der Waals surface area contributed by atoms with E-state index in [0.29, 0.717) is 19.6 Å². The molecule has 25 heavy (non-hydrogen) atoms. The van der Waals surface area contributed by atoms with Gasteiger partial charge in [0.15, 0.2) is 0 Å². The Morgan fingerprint density at radius 3 is 2.76 bits per heavy atom. The van der Waals surface area contributed by atoms with Crippen molar-refractivity contribution in [1.82, 2.24) is 4.90 Å². The highest BCUT2D eigenvalue weighted by atomic mass is 16.5. The summed E-state index contributed by atoms with van der Waals surface area (Å²) in [7, 11) is 1.60. The zero-order valence-electron chi connectivity index (χ0n) is 14.5. The molecule has 0 spiro atoms. The molecule has 4 atom stereocenters. The molecule has 4 unspecified atom stereocenters. The summed E-state index contributed by atoms with van der Waals surface area (Å²) in [5.41, 5.74) is 0.998. The summed E-state index contributed by atoms with van der Waals surface area (Å²) in [6, 6.07) is 9.47. The van der Waals surface area contributed by atoms with Crippen LogP contribution in [-0.2, 0) is 19.1 Å². The first-order chi connectivity index (χ1) is 12.1. The molecule has 2 saturated heterocycles. The molecule has 2 fully saturated rings. The van der Waals surface area contributed by atoms with Gasteiger partial charge < -0.3 is 19.5 Å². The van der Waals surface area contributed by atoms with Gasteiger partial charge in [-0.25, -0.2) is 0 Å². The van der Waals surface area contributed by atoms with Crippen LogP contribution in [0, 0.1) is 5.92 Å². The van der Waals surface area contributed by atoms with Crippen LogP contribution >= 0.6 is 0 Å². The topological polar surface area (TPSA) is 76.1 Å². The number of rotatable bonds is 5. The number of carboxylic acid groups (broad SMARTS) is 1. The number of carboxylic acids is 1. The Hall–Kier alpha value is -1.92. The number of likely N-dealkylation sites (tertiary alicyclic amines) is 1. The summed E-state index contributed by atoms with van der Waals surface area (Å²) < 4.78 is 11.3. The highest BCUT2D eigenvalue weighted by Crippen LogP contribution is 2.37. The number of carbonyl (C=O) groups excluding carboxylic acids is 1. The van der Waals surface area contributed by atoms with Gasteiger partial charge in [-0.1, -0.05) is 30.3 Å². The predicted octanol–water partition coefficient (Wildman–Crippen LogP) is 2.24. The van der Waals surface area contributed by atoms with E-state index in [2.05, 4.69) is 0 Å². The Morgan fingerprint density at radius 1 is 1.32 bits per heavy atom. The number of carbonyl (C=O) groups is 2. The third-order valence-corrected chi connectivity index (χ3v) is 5.17. The van der Waals surface area contributed by atoms with Gasteiger partial charge in [0.05, 0.1) is 24.5 Å². The molecule has 1 aromatic rings.